The fourth-order valence-corrected chi connectivity index (χ4v) is 3.33. The predicted octanol–water partition coefficient (Wildman–Crippen LogP) is 4.32. The lowest BCUT2D eigenvalue weighted by Gasteiger charge is -2.31. The van der Waals surface area contributed by atoms with Gasteiger partial charge in [0.1, 0.15) is 11.5 Å². The molecule has 1 aliphatic carbocycles. The number of methoxy groups -OCH3 is 1. The maximum absolute atomic E-state index is 12.5. The van der Waals surface area contributed by atoms with Crippen LogP contribution in [0.4, 0.5) is 0 Å². The lowest BCUT2D eigenvalue weighted by Crippen LogP contribution is -2.25. The van der Waals surface area contributed by atoms with E-state index in [1.54, 1.807) is 7.11 Å². The van der Waals surface area contributed by atoms with Crippen LogP contribution in [-0.2, 0) is 4.79 Å². The highest BCUT2D eigenvalue weighted by molar-refractivity contribution is 5.87. The van der Waals surface area contributed by atoms with Crippen molar-refractivity contribution >= 4 is 5.78 Å². The zero-order valence-corrected chi connectivity index (χ0v) is 12.3. The summed E-state index contributed by atoms with van der Waals surface area (Å²) in [5.41, 5.74) is 2.38. The molecule has 0 aromatic heterocycles. The lowest BCUT2D eigenvalue weighted by molar-refractivity contribution is -0.122. The first-order valence-electron chi connectivity index (χ1n) is 7.51. The molecule has 2 unspecified atom stereocenters. The van der Waals surface area contributed by atoms with Gasteiger partial charge >= 0.3 is 0 Å². The Balaban J connectivity index is 1.95. The molecule has 2 aromatic carbocycles. The third kappa shape index (κ3) is 2.85. The van der Waals surface area contributed by atoms with E-state index in [4.69, 9.17) is 4.74 Å². The van der Waals surface area contributed by atoms with Crippen LogP contribution in [-0.4, -0.2) is 12.9 Å². The van der Waals surface area contributed by atoms with Crippen LogP contribution in [0.3, 0.4) is 0 Å². The van der Waals surface area contributed by atoms with E-state index in [0.717, 1.165) is 24.2 Å². The molecule has 1 saturated carbocycles. The molecule has 2 nitrogen and oxygen atoms in total. The van der Waals surface area contributed by atoms with Crippen molar-refractivity contribution in [2.24, 2.45) is 0 Å². The van der Waals surface area contributed by atoms with Gasteiger partial charge in [0.05, 0.1) is 7.11 Å². The van der Waals surface area contributed by atoms with Crippen LogP contribution < -0.4 is 4.74 Å². The second-order valence-electron chi connectivity index (χ2n) is 5.63. The SMILES string of the molecule is COc1ccc(C2CCCC(=O)C2c2ccccc2)cc1. The number of rotatable bonds is 3. The molecule has 2 heteroatoms. The van der Waals surface area contributed by atoms with Crippen molar-refractivity contribution < 1.29 is 9.53 Å². The molecule has 108 valence electrons. The Kier molecular flexibility index (Phi) is 4.05. The Labute approximate surface area is 125 Å². The Hall–Kier alpha value is -2.09. The van der Waals surface area contributed by atoms with Gasteiger partial charge in [-0.2, -0.15) is 0 Å². The Morgan fingerprint density at radius 1 is 0.952 bits per heavy atom. The first-order chi connectivity index (χ1) is 10.3. The Morgan fingerprint density at radius 2 is 1.67 bits per heavy atom. The normalized spacial score (nSPS) is 22.0. The summed E-state index contributed by atoms with van der Waals surface area (Å²) >= 11 is 0. The first kappa shape index (κ1) is 13.9. The zero-order chi connectivity index (χ0) is 14.7. The molecule has 0 heterocycles. The van der Waals surface area contributed by atoms with Gasteiger partial charge in [-0.25, -0.2) is 0 Å². The fourth-order valence-electron chi connectivity index (χ4n) is 3.33. The quantitative estimate of drug-likeness (QED) is 0.837. The number of hydrogen-bond acceptors (Lipinski definition) is 2. The molecular formula is C19H20O2. The molecular weight excluding hydrogens is 260 g/mol. The molecule has 0 spiro atoms. The zero-order valence-electron chi connectivity index (χ0n) is 12.3. The number of carbonyl (C=O) groups is 1. The van der Waals surface area contributed by atoms with Crippen LogP contribution in [0.2, 0.25) is 0 Å². The van der Waals surface area contributed by atoms with Crippen LogP contribution in [0.15, 0.2) is 54.6 Å². The average molecular weight is 280 g/mol. The minimum atomic E-state index is -0.00616. The number of carbonyl (C=O) groups excluding carboxylic acids is 1. The van der Waals surface area contributed by atoms with Crippen molar-refractivity contribution in [3.05, 3.63) is 65.7 Å². The maximum Gasteiger partial charge on any atom is 0.140 e. The molecule has 0 aliphatic heterocycles. The summed E-state index contributed by atoms with van der Waals surface area (Å²) in [6.07, 6.45) is 2.75. The van der Waals surface area contributed by atoms with Gasteiger partial charge in [-0.1, -0.05) is 42.5 Å². The van der Waals surface area contributed by atoms with E-state index in [1.807, 2.05) is 30.3 Å². The van der Waals surface area contributed by atoms with E-state index in [2.05, 4.69) is 24.3 Å². The van der Waals surface area contributed by atoms with Gasteiger partial charge in [0, 0.05) is 12.3 Å². The van der Waals surface area contributed by atoms with Crippen LogP contribution >= 0.6 is 0 Å². The van der Waals surface area contributed by atoms with Gasteiger partial charge in [0.25, 0.3) is 0 Å². The van der Waals surface area contributed by atoms with Gasteiger partial charge < -0.3 is 4.74 Å². The second-order valence-corrected chi connectivity index (χ2v) is 5.63. The van der Waals surface area contributed by atoms with Crippen molar-refractivity contribution in [1.82, 2.24) is 0 Å². The molecule has 0 amide bonds. The molecule has 2 aromatic rings. The van der Waals surface area contributed by atoms with Gasteiger partial charge in [0.15, 0.2) is 0 Å². The van der Waals surface area contributed by atoms with Crippen LogP contribution in [0, 0.1) is 0 Å². The molecule has 1 fully saturated rings. The highest BCUT2D eigenvalue weighted by Gasteiger charge is 2.33. The summed E-state index contributed by atoms with van der Waals surface area (Å²) in [6, 6.07) is 18.3. The van der Waals surface area contributed by atoms with E-state index in [9.17, 15) is 4.79 Å². The minimum Gasteiger partial charge on any atom is -0.497 e. The van der Waals surface area contributed by atoms with E-state index < -0.39 is 0 Å². The highest BCUT2D eigenvalue weighted by atomic mass is 16.5. The number of benzene rings is 2. The monoisotopic (exact) mass is 280 g/mol. The molecule has 3 rings (SSSR count). The van der Waals surface area contributed by atoms with E-state index in [-0.39, 0.29) is 11.8 Å². The third-order valence-corrected chi connectivity index (χ3v) is 4.39. The van der Waals surface area contributed by atoms with E-state index in [0.29, 0.717) is 12.2 Å². The van der Waals surface area contributed by atoms with Gasteiger partial charge in [0.2, 0.25) is 0 Å². The van der Waals surface area contributed by atoms with Crippen molar-refractivity contribution in [3.8, 4) is 5.75 Å². The first-order valence-corrected chi connectivity index (χ1v) is 7.51. The molecule has 0 N–H and O–H groups in total. The Bertz CT molecular complexity index is 601. The predicted molar refractivity (Wildman–Crippen MR) is 83.8 cm³/mol. The summed E-state index contributed by atoms with van der Waals surface area (Å²) in [6.45, 7) is 0. The van der Waals surface area contributed by atoms with Crippen molar-refractivity contribution in [1.29, 1.82) is 0 Å². The maximum atomic E-state index is 12.5. The summed E-state index contributed by atoms with van der Waals surface area (Å²) in [5.74, 6) is 1.50. The summed E-state index contributed by atoms with van der Waals surface area (Å²) in [4.78, 5) is 12.5. The molecule has 0 radical (unpaired) electrons. The second kappa shape index (κ2) is 6.13. The molecule has 0 saturated heterocycles. The standard InChI is InChI=1S/C19H20O2/c1-21-16-12-10-14(11-13-16)17-8-5-9-18(20)19(17)15-6-3-2-4-7-15/h2-4,6-7,10-13,17,19H,5,8-9H2,1H3. The molecule has 2 atom stereocenters. The number of hydrogen-bond donors (Lipinski definition) is 0. The fraction of sp³-hybridized carbons (Fsp3) is 0.316. The van der Waals surface area contributed by atoms with Crippen LogP contribution in [0.1, 0.15) is 42.2 Å². The molecule has 0 bridgehead atoms. The number of Topliss-reactive ketones (excluding diaryl/α,β-unsaturated/α-hetero) is 1. The third-order valence-electron chi connectivity index (χ3n) is 4.39. The summed E-state index contributed by atoms with van der Waals surface area (Å²) in [5, 5.41) is 0. The topological polar surface area (TPSA) is 26.3 Å². The molecule has 21 heavy (non-hydrogen) atoms. The van der Waals surface area contributed by atoms with Crippen molar-refractivity contribution in [3.63, 3.8) is 0 Å². The van der Waals surface area contributed by atoms with Crippen LogP contribution in [0.5, 0.6) is 5.75 Å². The highest BCUT2D eigenvalue weighted by Crippen LogP contribution is 2.42. The van der Waals surface area contributed by atoms with Crippen molar-refractivity contribution in [2.75, 3.05) is 7.11 Å². The summed E-state index contributed by atoms with van der Waals surface area (Å²) < 4.78 is 5.22. The Morgan fingerprint density at radius 3 is 2.33 bits per heavy atom. The summed E-state index contributed by atoms with van der Waals surface area (Å²) in [7, 11) is 1.67. The van der Waals surface area contributed by atoms with Gasteiger partial charge in [-0.05, 0) is 42.0 Å². The number of ether oxygens (including phenoxy) is 1. The van der Waals surface area contributed by atoms with E-state index >= 15 is 0 Å². The smallest absolute Gasteiger partial charge is 0.140 e. The van der Waals surface area contributed by atoms with Crippen molar-refractivity contribution in [2.45, 2.75) is 31.1 Å². The largest absolute Gasteiger partial charge is 0.497 e. The van der Waals surface area contributed by atoms with E-state index in [1.165, 1.54) is 5.56 Å². The average Bonchev–Trinajstić information content (AvgIpc) is 2.55. The van der Waals surface area contributed by atoms with Crippen LogP contribution in [0.25, 0.3) is 0 Å². The minimum absolute atomic E-state index is 0.00616. The lowest BCUT2D eigenvalue weighted by atomic mass is 9.71. The number of ketones is 1. The van der Waals surface area contributed by atoms with Gasteiger partial charge in [-0.15, -0.1) is 0 Å². The van der Waals surface area contributed by atoms with Gasteiger partial charge in [-0.3, -0.25) is 4.79 Å². The molecule has 1 aliphatic rings.